The zero-order valence-corrected chi connectivity index (χ0v) is 20.4. The average molecular weight is 455 g/mol. The van der Waals surface area contributed by atoms with Crippen molar-refractivity contribution < 1.29 is 19.1 Å². The number of amides is 3. The number of amidine groups is 1. The third kappa shape index (κ3) is 5.93. The van der Waals surface area contributed by atoms with E-state index in [1.54, 1.807) is 18.9 Å². The van der Waals surface area contributed by atoms with Gasteiger partial charge in [-0.2, -0.15) is 0 Å². The lowest BCUT2D eigenvalue weighted by Gasteiger charge is -2.41. The zero-order valence-electron chi connectivity index (χ0n) is 19.6. The number of likely N-dealkylation sites (N-methyl/N-ethyl adjacent to an activating group) is 1. The molecular formula is C22H38N4O4S. The summed E-state index contributed by atoms with van der Waals surface area (Å²) in [4.78, 5) is 48.4. The molecule has 0 aliphatic carbocycles. The summed E-state index contributed by atoms with van der Waals surface area (Å²) in [6, 6.07) is -0.813. The van der Waals surface area contributed by atoms with Crippen LogP contribution in [0.1, 0.15) is 72.6 Å². The summed E-state index contributed by atoms with van der Waals surface area (Å²) >= 11 is 1.35. The third-order valence-electron chi connectivity index (χ3n) is 5.71. The topological polar surface area (TPSA) is 82.5 Å². The molecule has 0 aromatic carbocycles. The van der Waals surface area contributed by atoms with Gasteiger partial charge in [-0.1, -0.05) is 58.2 Å². The Labute approximate surface area is 190 Å². The van der Waals surface area contributed by atoms with E-state index >= 15 is 0 Å². The molecule has 0 N–H and O–H groups in total. The van der Waals surface area contributed by atoms with E-state index in [9.17, 15) is 14.4 Å². The monoisotopic (exact) mass is 454 g/mol. The number of nitrogens with zero attached hydrogens (tertiary/aromatic N) is 4. The smallest absolute Gasteiger partial charge is 0.328 e. The van der Waals surface area contributed by atoms with Crippen LogP contribution in [0.25, 0.3) is 0 Å². The molecule has 0 saturated carbocycles. The number of esters is 1. The second-order valence-corrected chi connectivity index (χ2v) is 9.20. The maximum atomic E-state index is 13.4. The number of hydrogen-bond donors (Lipinski definition) is 0. The van der Waals surface area contributed by atoms with Crippen molar-refractivity contribution in [3.05, 3.63) is 0 Å². The fraction of sp³-hybridized carbons (Fsp3) is 0.818. The number of imide groups is 1. The molecular weight excluding hydrogens is 416 g/mol. The molecule has 1 saturated heterocycles. The first-order valence-electron chi connectivity index (χ1n) is 11.7. The van der Waals surface area contributed by atoms with Gasteiger partial charge in [0.05, 0.1) is 6.61 Å². The SMILES string of the molecule is CCCCCN1C(=O)C2C(N=C(SC(CC)C(=O)OCC)N2CCCCC)N(C)C1=O. The molecule has 0 spiro atoms. The number of carbonyl (C=O) groups excluding carboxylic acids is 3. The van der Waals surface area contributed by atoms with Crippen LogP contribution in [0.5, 0.6) is 0 Å². The van der Waals surface area contributed by atoms with Gasteiger partial charge in [0.15, 0.2) is 17.4 Å². The molecule has 3 unspecified atom stereocenters. The Bertz CT molecular complexity index is 672. The first kappa shape index (κ1) is 25.5. The van der Waals surface area contributed by atoms with Crippen molar-refractivity contribution >= 4 is 34.8 Å². The van der Waals surface area contributed by atoms with Crippen molar-refractivity contribution in [3.8, 4) is 0 Å². The molecule has 2 aliphatic heterocycles. The van der Waals surface area contributed by atoms with Gasteiger partial charge >= 0.3 is 12.0 Å². The van der Waals surface area contributed by atoms with Crippen molar-refractivity contribution in [1.29, 1.82) is 0 Å². The number of thioether (sulfide) groups is 1. The van der Waals surface area contributed by atoms with E-state index in [0.29, 0.717) is 31.3 Å². The van der Waals surface area contributed by atoms with Gasteiger partial charge in [0.1, 0.15) is 5.25 Å². The van der Waals surface area contributed by atoms with Gasteiger partial charge in [-0.3, -0.25) is 14.5 Å². The van der Waals surface area contributed by atoms with E-state index in [4.69, 9.17) is 9.73 Å². The highest BCUT2D eigenvalue weighted by Gasteiger charge is 2.52. The molecule has 0 aromatic rings. The van der Waals surface area contributed by atoms with Crippen molar-refractivity contribution in [2.75, 3.05) is 26.7 Å². The van der Waals surface area contributed by atoms with E-state index in [2.05, 4.69) is 13.8 Å². The summed E-state index contributed by atoms with van der Waals surface area (Å²) < 4.78 is 5.22. The number of urea groups is 1. The van der Waals surface area contributed by atoms with Crippen molar-refractivity contribution in [2.24, 2.45) is 4.99 Å². The molecule has 176 valence electrons. The summed E-state index contributed by atoms with van der Waals surface area (Å²) in [6.07, 6.45) is 5.90. The highest BCUT2D eigenvalue weighted by molar-refractivity contribution is 8.14. The van der Waals surface area contributed by atoms with Gasteiger partial charge < -0.3 is 14.5 Å². The summed E-state index contributed by atoms with van der Waals surface area (Å²) in [7, 11) is 1.71. The Morgan fingerprint density at radius 2 is 1.71 bits per heavy atom. The van der Waals surface area contributed by atoms with Crippen LogP contribution < -0.4 is 0 Å². The Kier molecular flexibility index (Phi) is 10.1. The normalized spacial score (nSPS) is 22.0. The van der Waals surface area contributed by atoms with E-state index in [0.717, 1.165) is 38.5 Å². The van der Waals surface area contributed by atoms with Crippen LogP contribution in [0.4, 0.5) is 4.79 Å². The number of ether oxygens (including phenoxy) is 1. The number of rotatable bonds is 12. The van der Waals surface area contributed by atoms with Crippen LogP contribution in [0.2, 0.25) is 0 Å². The highest BCUT2D eigenvalue weighted by Crippen LogP contribution is 2.34. The Hall–Kier alpha value is -1.77. The predicted octanol–water partition coefficient (Wildman–Crippen LogP) is 3.70. The van der Waals surface area contributed by atoms with Crippen molar-refractivity contribution in [3.63, 3.8) is 0 Å². The van der Waals surface area contributed by atoms with Crippen LogP contribution in [-0.2, 0) is 14.3 Å². The summed E-state index contributed by atoms with van der Waals surface area (Å²) in [5.74, 6) is -0.442. The Morgan fingerprint density at radius 3 is 2.29 bits per heavy atom. The van der Waals surface area contributed by atoms with Crippen molar-refractivity contribution in [1.82, 2.24) is 14.7 Å². The Balaban J connectivity index is 2.27. The maximum absolute atomic E-state index is 13.4. The minimum Gasteiger partial charge on any atom is -0.465 e. The standard InChI is InChI=1S/C22H38N4O4S/c1-6-10-12-14-25-17-18(23-21(25)31-16(8-3)20(28)30-9-4)24(5)22(29)26(19(17)27)15-13-11-7-2/h16-18H,6-15H2,1-5H3. The van der Waals surface area contributed by atoms with Crippen LogP contribution in [-0.4, -0.2) is 82.0 Å². The Morgan fingerprint density at radius 1 is 1.06 bits per heavy atom. The van der Waals surface area contributed by atoms with Crippen LogP contribution in [0, 0.1) is 0 Å². The molecule has 9 heteroatoms. The summed E-state index contributed by atoms with van der Waals surface area (Å²) in [5.41, 5.74) is 0. The summed E-state index contributed by atoms with van der Waals surface area (Å²) in [5, 5.41) is 0.277. The molecule has 8 nitrogen and oxygen atoms in total. The quantitative estimate of drug-likeness (QED) is 0.330. The van der Waals surface area contributed by atoms with Crippen LogP contribution >= 0.6 is 11.8 Å². The second kappa shape index (κ2) is 12.3. The second-order valence-electron chi connectivity index (χ2n) is 8.03. The lowest BCUT2D eigenvalue weighted by molar-refractivity contribution is -0.142. The molecule has 31 heavy (non-hydrogen) atoms. The van der Waals surface area contributed by atoms with E-state index in [-0.39, 0.29) is 23.2 Å². The molecule has 1 fully saturated rings. The fourth-order valence-corrected chi connectivity index (χ4v) is 5.00. The lowest BCUT2D eigenvalue weighted by Crippen LogP contribution is -2.65. The van der Waals surface area contributed by atoms with Gasteiger partial charge in [0, 0.05) is 20.1 Å². The number of fused-ring (bicyclic) bond motifs is 1. The average Bonchev–Trinajstić information content (AvgIpc) is 3.11. The van der Waals surface area contributed by atoms with E-state index in [1.165, 1.54) is 16.7 Å². The highest BCUT2D eigenvalue weighted by atomic mass is 32.2. The molecule has 3 atom stereocenters. The van der Waals surface area contributed by atoms with Crippen LogP contribution in [0.15, 0.2) is 4.99 Å². The van der Waals surface area contributed by atoms with Gasteiger partial charge in [0.2, 0.25) is 0 Å². The fourth-order valence-electron chi connectivity index (χ4n) is 3.91. The van der Waals surface area contributed by atoms with Crippen molar-refractivity contribution in [2.45, 2.75) is 90.1 Å². The largest absolute Gasteiger partial charge is 0.465 e. The van der Waals surface area contributed by atoms with Gasteiger partial charge in [-0.15, -0.1) is 0 Å². The summed E-state index contributed by atoms with van der Waals surface area (Å²) in [6.45, 7) is 9.41. The van der Waals surface area contributed by atoms with Gasteiger partial charge in [0.25, 0.3) is 5.91 Å². The molecule has 0 radical (unpaired) electrons. The minimum absolute atomic E-state index is 0.177. The number of carbonyl (C=O) groups is 3. The van der Waals surface area contributed by atoms with Gasteiger partial charge in [-0.25, -0.2) is 9.79 Å². The predicted molar refractivity (Wildman–Crippen MR) is 124 cm³/mol. The first-order chi connectivity index (χ1) is 14.9. The van der Waals surface area contributed by atoms with Crippen LogP contribution in [0.3, 0.4) is 0 Å². The van der Waals surface area contributed by atoms with E-state index < -0.39 is 12.2 Å². The molecule has 2 heterocycles. The molecule has 0 aromatic heterocycles. The van der Waals surface area contributed by atoms with Gasteiger partial charge in [-0.05, 0) is 26.2 Å². The third-order valence-corrected chi connectivity index (χ3v) is 7.07. The molecule has 2 aliphatic rings. The number of aliphatic imine (C=N–C) groups is 1. The number of unbranched alkanes of at least 4 members (excludes halogenated alkanes) is 4. The molecule has 2 rings (SSSR count). The maximum Gasteiger partial charge on any atom is 0.328 e. The number of hydrogen-bond acceptors (Lipinski definition) is 7. The van der Waals surface area contributed by atoms with E-state index in [1.807, 2.05) is 11.8 Å². The molecule has 0 bridgehead atoms. The first-order valence-corrected chi connectivity index (χ1v) is 12.5. The minimum atomic E-state index is -0.550. The lowest BCUT2D eigenvalue weighted by atomic mass is 10.1. The molecule has 3 amide bonds. The zero-order chi connectivity index (χ0) is 23.0.